The summed E-state index contributed by atoms with van der Waals surface area (Å²) >= 11 is 13.4. The smallest absolute Gasteiger partial charge is 0.152 e. The van der Waals surface area contributed by atoms with Crippen LogP contribution in [0.15, 0.2) is 0 Å². The van der Waals surface area contributed by atoms with Gasteiger partial charge in [-0.2, -0.15) is 0 Å². The maximum Gasteiger partial charge on any atom is 0.152 e. The summed E-state index contributed by atoms with van der Waals surface area (Å²) in [7, 11) is 0. The van der Waals surface area contributed by atoms with Gasteiger partial charge in [-0.25, -0.2) is 0 Å². The van der Waals surface area contributed by atoms with Crippen LogP contribution in [0.25, 0.3) is 0 Å². The Labute approximate surface area is 142 Å². The molecular weight excluding hydrogens is 813 g/mol. The average molecular weight is 815 g/mol. The second kappa shape index (κ2) is 5.43. The molecule has 1 N–H and O–H groups in total. The highest BCUT2D eigenvalue weighted by atomic mass is 127. The van der Waals surface area contributed by atoms with E-state index < -0.39 is 0 Å². The quantitative estimate of drug-likeness (QED) is 0.327. The van der Waals surface area contributed by atoms with Crippen LogP contribution in [0.2, 0.25) is 0 Å². The molecule has 62 valence electrons. The summed E-state index contributed by atoms with van der Waals surface area (Å²) in [6, 6.07) is 0. The van der Waals surface area contributed by atoms with Crippen LogP contribution in [0.4, 0.5) is 0 Å². The van der Waals surface area contributed by atoms with Gasteiger partial charge in [-0.3, -0.25) is 0 Å². The van der Waals surface area contributed by atoms with Gasteiger partial charge in [0.25, 0.3) is 0 Å². The molecule has 0 heterocycles. The lowest BCUT2D eigenvalue weighted by Gasteiger charge is -2.27. The van der Waals surface area contributed by atoms with Gasteiger partial charge in [-0.1, -0.05) is 136 Å². The van der Waals surface area contributed by atoms with Crippen molar-refractivity contribution in [3.05, 3.63) is 0 Å². The lowest BCUT2D eigenvalue weighted by Crippen LogP contribution is -2.34. The molecule has 0 radical (unpaired) electrons. The molecule has 7 heteroatoms. The lowest BCUT2D eigenvalue weighted by molar-refractivity contribution is 0.217. The maximum atomic E-state index is 9.68. The number of aliphatic hydroxyl groups excluding tert-OH is 1. The number of alkyl halides is 6. The van der Waals surface area contributed by atoms with E-state index >= 15 is 0 Å². The van der Waals surface area contributed by atoms with E-state index in [-0.39, 0.29) is 4.97 Å². The summed E-state index contributed by atoms with van der Waals surface area (Å²) in [5, 5.41) is 9.68. The first-order chi connectivity index (χ1) is 4.15. The third-order valence-corrected chi connectivity index (χ3v) is 4.16. The highest BCUT2D eigenvalue weighted by Gasteiger charge is 2.41. The summed E-state index contributed by atoms with van der Waals surface area (Å²) in [6.07, 6.45) is -0.316. The van der Waals surface area contributed by atoms with Crippen molar-refractivity contribution in [3.8, 4) is 0 Å². The zero-order valence-corrected chi connectivity index (χ0v) is 17.2. The third-order valence-electron chi connectivity index (χ3n) is 0.620. The second-order valence-corrected chi connectivity index (χ2v) is 24.1. The first kappa shape index (κ1) is 14.3. The Hall–Kier alpha value is 4.34. The highest BCUT2D eigenvalue weighted by Crippen LogP contribution is 2.51. The number of rotatable bonds is 2. The Morgan fingerprint density at radius 1 is 0.800 bits per heavy atom. The molecule has 0 saturated carbocycles. The lowest BCUT2D eigenvalue weighted by atomic mass is 10.5. The fourth-order valence-electron chi connectivity index (χ4n) is 0.186. The molecule has 0 fully saturated rings. The predicted molar refractivity (Wildman–Crippen MR) is 95.6 cm³/mol. The van der Waals surface area contributed by atoms with Gasteiger partial charge in [0.2, 0.25) is 0 Å². The van der Waals surface area contributed by atoms with Crippen LogP contribution in [-0.2, 0) is 0 Å². The Morgan fingerprint density at radius 2 is 1.00 bits per heavy atom. The molecular formula is C3H2I6O. The Kier molecular flexibility index (Phi) is 7.79. The van der Waals surface area contributed by atoms with Crippen LogP contribution in [0.5, 0.6) is 0 Å². The van der Waals surface area contributed by atoms with E-state index in [2.05, 4.69) is 136 Å². The second-order valence-electron chi connectivity index (χ2n) is 1.49. The molecule has 0 rings (SSSR count). The molecule has 10 heavy (non-hydrogen) atoms. The number of hydrogen-bond acceptors (Lipinski definition) is 1. The average Bonchev–Trinajstić information content (AvgIpc) is 1.59. The van der Waals surface area contributed by atoms with Gasteiger partial charge in [0, 0.05) is 0 Å². The molecule has 0 bridgehead atoms. The summed E-state index contributed by atoms with van der Waals surface area (Å²) in [4.78, 5) is 0. The zero-order valence-electron chi connectivity index (χ0n) is 4.29. The summed E-state index contributed by atoms with van der Waals surface area (Å²) < 4.78 is -0.228. The normalized spacial score (nSPS) is 14.4. The van der Waals surface area contributed by atoms with Crippen molar-refractivity contribution in [1.29, 1.82) is 0 Å². The van der Waals surface area contributed by atoms with Crippen molar-refractivity contribution < 1.29 is 5.11 Å². The molecule has 1 nitrogen and oxygen atoms in total. The van der Waals surface area contributed by atoms with E-state index in [1.807, 2.05) is 0 Å². The van der Waals surface area contributed by atoms with Gasteiger partial charge in [0.05, 0.1) is 0 Å². The molecule has 0 aliphatic rings. The minimum absolute atomic E-state index is 0.114. The van der Waals surface area contributed by atoms with Gasteiger partial charge < -0.3 is 5.11 Å². The monoisotopic (exact) mass is 815 g/mol. The maximum absolute atomic E-state index is 9.68. The molecule has 0 aliphatic carbocycles. The molecule has 0 aromatic rings. The van der Waals surface area contributed by atoms with Gasteiger partial charge in [-0.05, 0) is 0 Å². The van der Waals surface area contributed by atoms with E-state index in [1.165, 1.54) is 0 Å². The fraction of sp³-hybridized carbons (Fsp3) is 1.00. The van der Waals surface area contributed by atoms with Crippen molar-refractivity contribution in [3.63, 3.8) is 0 Å². The van der Waals surface area contributed by atoms with Crippen LogP contribution in [-0.4, -0.2) is 10.1 Å². The molecule has 0 saturated heterocycles. The van der Waals surface area contributed by atoms with Crippen LogP contribution in [0, 0.1) is 0 Å². The number of aliphatic hydroxyl groups is 1. The number of halogens is 6. The SMILES string of the molecule is OC(C(I)(I)I)C(I)(I)I. The molecule has 0 spiro atoms. The standard InChI is InChI=1S/C3H2I6O/c4-2(5,6)1(10)3(7,8)9/h1,10H. The van der Waals surface area contributed by atoms with E-state index in [0.717, 1.165) is 0 Å². The van der Waals surface area contributed by atoms with Gasteiger partial charge >= 0.3 is 0 Å². The molecule has 0 unspecified atom stereocenters. The molecule has 0 aromatic carbocycles. The third kappa shape index (κ3) is 5.94. The van der Waals surface area contributed by atoms with Crippen LogP contribution in [0.3, 0.4) is 0 Å². The van der Waals surface area contributed by atoms with Crippen LogP contribution < -0.4 is 0 Å². The van der Waals surface area contributed by atoms with Gasteiger partial charge in [0.15, 0.2) is -1.13 Å². The zero-order chi connectivity index (χ0) is 8.58. The topological polar surface area (TPSA) is 20.2 Å². The molecule has 0 aliphatic heterocycles. The molecule has 0 aromatic heterocycles. The Bertz CT molecular complexity index is 97.1. The fourth-order valence-corrected chi connectivity index (χ4v) is 8.35. The largest absolute Gasteiger partial charge is 0.387 e. The first-order valence-electron chi connectivity index (χ1n) is 1.97. The molecule has 0 atom stereocenters. The van der Waals surface area contributed by atoms with Crippen molar-refractivity contribution in [2.75, 3.05) is 0 Å². The Balaban J connectivity index is 4.23. The van der Waals surface area contributed by atoms with E-state index in [1.54, 1.807) is 0 Å². The predicted octanol–water partition coefficient (Wildman–Crippen LogP) is 4.26. The van der Waals surface area contributed by atoms with E-state index in [9.17, 15) is 5.11 Å². The Morgan fingerprint density at radius 3 is 1.00 bits per heavy atom. The van der Waals surface area contributed by atoms with E-state index in [4.69, 9.17) is 0 Å². The minimum Gasteiger partial charge on any atom is -0.387 e. The van der Waals surface area contributed by atoms with Crippen LogP contribution in [0.1, 0.15) is 0 Å². The summed E-state index contributed by atoms with van der Waals surface area (Å²) in [6.45, 7) is 0. The summed E-state index contributed by atoms with van der Waals surface area (Å²) in [5.74, 6) is 0. The van der Waals surface area contributed by atoms with Crippen molar-refractivity contribution in [2.45, 2.75) is 4.97 Å². The van der Waals surface area contributed by atoms with Gasteiger partial charge in [-0.15, -0.1) is 0 Å². The highest BCUT2D eigenvalue weighted by molar-refractivity contribution is 14.3. The van der Waals surface area contributed by atoms with Crippen molar-refractivity contribution >= 4 is 136 Å². The molecule has 0 amide bonds. The summed E-state index contributed by atoms with van der Waals surface area (Å²) in [5.41, 5.74) is 0. The van der Waals surface area contributed by atoms with Gasteiger partial charge in [0.1, 0.15) is 6.10 Å². The van der Waals surface area contributed by atoms with Crippen molar-refractivity contribution in [2.24, 2.45) is 0 Å². The van der Waals surface area contributed by atoms with Crippen LogP contribution >= 0.6 is 136 Å². The first-order valence-corrected chi connectivity index (χ1v) is 8.44. The minimum atomic E-state index is -0.316. The number of hydrogen-bond donors (Lipinski definition) is 1. The van der Waals surface area contributed by atoms with Crippen molar-refractivity contribution in [1.82, 2.24) is 0 Å². The van der Waals surface area contributed by atoms with E-state index in [0.29, 0.717) is 0 Å².